The molecular weight excluding hydrogens is 491 g/mol. The fraction of sp³-hybridized carbons (Fsp3) is 0.250. The van der Waals surface area contributed by atoms with Gasteiger partial charge in [0, 0.05) is 6.54 Å². The molecule has 0 aliphatic heterocycles. The van der Waals surface area contributed by atoms with Crippen LogP contribution in [-0.4, -0.2) is 18.3 Å². The highest BCUT2D eigenvalue weighted by Gasteiger charge is 2.39. The van der Waals surface area contributed by atoms with Crippen molar-refractivity contribution in [2.45, 2.75) is 31.2 Å². The van der Waals surface area contributed by atoms with Gasteiger partial charge in [-0.15, -0.1) is 0 Å². The molecule has 31 heavy (non-hydrogen) atoms. The number of alkyl halides is 6. The molecule has 0 aromatic heterocycles. The average Bonchev–Trinajstić information content (AvgIpc) is 2.63. The van der Waals surface area contributed by atoms with Crippen molar-refractivity contribution in [1.29, 1.82) is 0 Å². The molecular formula is C20H14Cl3F6NO. The van der Waals surface area contributed by atoms with Crippen molar-refractivity contribution >= 4 is 46.8 Å². The molecule has 0 heterocycles. The molecule has 2 nitrogen and oxygen atoms in total. The first-order valence-corrected chi connectivity index (χ1v) is 9.71. The number of halogens is 9. The Labute approximate surface area is 188 Å². The first kappa shape index (κ1) is 25.4. The highest BCUT2D eigenvalue weighted by atomic mass is 35.5. The average molecular weight is 505 g/mol. The largest absolute Gasteiger partial charge is 0.399 e. The van der Waals surface area contributed by atoms with Crippen LogP contribution in [-0.2, 0) is 11.3 Å². The van der Waals surface area contributed by atoms with Crippen LogP contribution in [0.4, 0.5) is 26.3 Å². The molecule has 2 rings (SSSR count). The molecule has 1 amide bonds. The van der Waals surface area contributed by atoms with Crippen LogP contribution >= 0.6 is 34.8 Å². The molecule has 0 fully saturated rings. The summed E-state index contributed by atoms with van der Waals surface area (Å²) in [6.07, 6.45) is -8.66. The van der Waals surface area contributed by atoms with Crippen molar-refractivity contribution in [3.8, 4) is 0 Å². The Morgan fingerprint density at radius 1 is 0.968 bits per heavy atom. The van der Waals surface area contributed by atoms with Gasteiger partial charge in [-0.2, -0.15) is 26.3 Å². The number of rotatable bonds is 6. The summed E-state index contributed by atoms with van der Waals surface area (Å²) < 4.78 is 77.0. The predicted molar refractivity (Wildman–Crippen MR) is 108 cm³/mol. The van der Waals surface area contributed by atoms with Gasteiger partial charge in [0.1, 0.15) is 6.42 Å². The molecule has 0 saturated carbocycles. The van der Waals surface area contributed by atoms with Crippen LogP contribution in [0.5, 0.6) is 0 Å². The molecule has 0 radical (unpaired) electrons. The van der Waals surface area contributed by atoms with Crippen LogP contribution in [0.25, 0.3) is 6.08 Å². The lowest BCUT2D eigenvalue weighted by Gasteiger charge is -2.18. The van der Waals surface area contributed by atoms with Gasteiger partial charge in [0.2, 0.25) is 5.91 Å². The Hall–Kier alpha value is -1.90. The first-order valence-electron chi connectivity index (χ1n) is 8.58. The van der Waals surface area contributed by atoms with E-state index in [-0.39, 0.29) is 27.2 Å². The highest BCUT2D eigenvalue weighted by Crippen LogP contribution is 2.41. The minimum Gasteiger partial charge on any atom is -0.352 e. The normalized spacial score (nSPS) is 13.5. The van der Waals surface area contributed by atoms with Gasteiger partial charge in [0.05, 0.1) is 21.0 Å². The zero-order valence-electron chi connectivity index (χ0n) is 15.4. The third-order valence-electron chi connectivity index (χ3n) is 4.03. The maximum Gasteiger partial charge on any atom is 0.399 e. The summed E-state index contributed by atoms with van der Waals surface area (Å²) in [5.41, 5.74) is 0.703. The topological polar surface area (TPSA) is 29.1 Å². The standard InChI is InChI=1S/C20H14Cl3F6NO/c21-15-7-13(8-16(22)18(15)23)14(20(27,28)29)6-5-11-1-3-12(4-2-11)10-30-17(31)9-19(24,25)26/h1-8,14H,9-10H2,(H,30,31). The van der Waals surface area contributed by atoms with Crippen LogP contribution in [0, 0.1) is 0 Å². The molecule has 0 saturated heterocycles. The summed E-state index contributed by atoms with van der Waals surface area (Å²) >= 11 is 17.5. The van der Waals surface area contributed by atoms with Crippen LogP contribution < -0.4 is 5.32 Å². The summed E-state index contributed by atoms with van der Waals surface area (Å²) in [6, 6.07) is 8.07. The Morgan fingerprint density at radius 3 is 2.00 bits per heavy atom. The van der Waals surface area contributed by atoms with Gasteiger partial charge in [-0.25, -0.2) is 0 Å². The molecule has 0 aliphatic rings. The smallest absolute Gasteiger partial charge is 0.352 e. The van der Waals surface area contributed by atoms with Crippen LogP contribution in [0.3, 0.4) is 0 Å². The van der Waals surface area contributed by atoms with Crippen molar-refractivity contribution < 1.29 is 31.1 Å². The Balaban J connectivity index is 2.12. The maximum atomic E-state index is 13.5. The number of allylic oxidation sites excluding steroid dienone is 1. The first-order chi connectivity index (χ1) is 14.3. The van der Waals surface area contributed by atoms with E-state index in [1.807, 2.05) is 0 Å². The van der Waals surface area contributed by atoms with E-state index in [0.29, 0.717) is 11.1 Å². The lowest BCUT2D eigenvalue weighted by atomic mass is 9.97. The predicted octanol–water partition coefficient (Wildman–Crippen LogP) is 7.57. The monoisotopic (exact) mass is 503 g/mol. The number of carbonyl (C=O) groups is 1. The Morgan fingerprint density at radius 2 is 1.52 bits per heavy atom. The van der Waals surface area contributed by atoms with Crippen LogP contribution in [0.1, 0.15) is 29.0 Å². The summed E-state index contributed by atoms with van der Waals surface area (Å²) in [4.78, 5) is 11.2. The minimum absolute atomic E-state index is 0.0464. The molecule has 168 valence electrons. The Bertz CT molecular complexity index is 932. The molecule has 2 aromatic carbocycles. The number of nitrogens with one attached hydrogen (secondary N) is 1. The van der Waals surface area contributed by atoms with E-state index in [4.69, 9.17) is 34.8 Å². The van der Waals surface area contributed by atoms with Crippen LogP contribution in [0.2, 0.25) is 15.1 Å². The lowest BCUT2D eigenvalue weighted by Crippen LogP contribution is -2.28. The van der Waals surface area contributed by atoms with Gasteiger partial charge in [0.15, 0.2) is 0 Å². The molecule has 11 heteroatoms. The van der Waals surface area contributed by atoms with Gasteiger partial charge in [0.25, 0.3) is 0 Å². The zero-order chi connectivity index (χ0) is 23.4. The Kier molecular flexibility index (Phi) is 8.30. The second-order valence-electron chi connectivity index (χ2n) is 6.49. The van der Waals surface area contributed by atoms with Gasteiger partial charge < -0.3 is 5.32 Å². The molecule has 0 bridgehead atoms. The highest BCUT2D eigenvalue weighted by molar-refractivity contribution is 6.48. The van der Waals surface area contributed by atoms with E-state index < -0.39 is 30.6 Å². The van der Waals surface area contributed by atoms with Gasteiger partial charge >= 0.3 is 12.4 Å². The summed E-state index contributed by atoms with van der Waals surface area (Å²) in [5.74, 6) is -3.18. The zero-order valence-corrected chi connectivity index (χ0v) is 17.7. The second-order valence-corrected chi connectivity index (χ2v) is 7.68. The summed E-state index contributed by atoms with van der Waals surface area (Å²) in [6.45, 7) is -0.147. The molecule has 1 unspecified atom stereocenters. The quantitative estimate of drug-likeness (QED) is 0.319. The summed E-state index contributed by atoms with van der Waals surface area (Å²) in [5, 5.41) is 1.86. The number of hydrogen-bond acceptors (Lipinski definition) is 1. The molecule has 1 atom stereocenters. The number of hydrogen-bond donors (Lipinski definition) is 1. The third-order valence-corrected chi connectivity index (χ3v) is 5.23. The van der Waals surface area contributed by atoms with E-state index in [1.165, 1.54) is 30.3 Å². The molecule has 1 N–H and O–H groups in total. The fourth-order valence-corrected chi connectivity index (χ4v) is 3.18. The van der Waals surface area contributed by atoms with Crippen LogP contribution in [0.15, 0.2) is 42.5 Å². The van der Waals surface area contributed by atoms with E-state index in [1.54, 1.807) is 0 Å². The van der Waals surface area contributed by atoms with E-state index in [2.05, 4.69) is 5.32 Å². The van der Waals surface area contributed by atoms with Crippen molar-refractivity contribution in [3.05, 3.63) is 74.2 Å². The lowest BCUT2D eigenvalue weighted by molar-refractivity contribution is -0.153. The summed E-state index contributed by atoms with van der Waals surface area (Å²) in [7, 11) is 0. The van der Waals surface area contributed by atoms with Gasteiger partial charge in [-0.3, -0.25) is 4.79 Å². The maximum absolute atomic E-state index is 13.5. The number of amides is 1. The second kappa shape index (κ2) is 10.1. The molecule has 2 aromatic rings. The van der Waals surface area contributed by atoms with Gasteiger partial charge in [-0.05, 0) is 28.8 Å². The minimum atomic E-state index is -4.63. The van der Waals surface area contributed by atoms with E-state index in [0.717, 1.165) is 18.2 Å². The molecule has 0 aliphatic carbocycles. The van der Waals surface area contributed by atoms with E-state index >= 15 is 0 Å². The third kappa shape index (κ3) is 7.94. The molecule has 0 spiro atoms. The van der Waals surface area contributed by atoms with Crippen molar-refractivity contribution in [1.82, 2.24) is 5.32 Å². The van der Waals surface area contributed by atoms with E-state index in [9.17, 15) is 31.1 Å². The number of benzene rings is 2. The fourth-order valence-electron chi connectivity index (χ4n) is 2.56. The van der Waals surface area contributed by atoms with Crippen molar-refractivity contribution in [2.24, 2.45) is 0 Å². The van der Waals surface area contributed by atoms with Crippen molar-refractivity contribution in [2.75, 3.05) is 0 Å². The van der Waals surface area contributed by atoms with Gasteiger partial charge in [-0.1, -0.05) is 71.2 Å². The number of carbonyl (C=O) groups excluding carboxylic acids is 1. The SMILES string of the molecule is O=C(CC(F)(F)F)NCc1ccc(C=CC(c2cc(Cl)c(Cl)c(Cl)c2)C(F)(F)F)cc1. The van der Waals surface area contributed by atoms with Crippen molar-refractivity contribution in [3.63, 3.8) is 0 Å².